The van der Waals surface area contributed by atoms with Crippen molar-refractivity contribution in [3.05, 3.63) is 35.9 Å². The molecule has 0 saturated carbocycles. The Morgan fingerprint density at radius 3 is 2.45 bits per heavy atom. The van der Waals surface area contributed by atoms with Crippen LogP contribution < -0.4 is 0 Å². The van der Waals surface area contributed by atoms with Gasteiger partial charge in [-0.1, -0.05) is 30.3 Å². The first-order chi connectivity index (χ1) is 9.34. The summed E-state index contributed by atoms with van der Waals surface area (Å²) in [6, 6.07) is 8.77. The maximum absolute atomic E-state index is 12.2. The van der Waals surface area contributed by atoms with Crippen LogP contribution in [-0.2, 0) is 11.3 Å². The van der Waals surface area contributed by atoms with Crippen LogP contribution in [0, 0.1) is 0 Å². The monoisotopic (exact) mass is 291 g/mol. The minimum Gasteiger partial charge on any atom is -0.445 e. The largest absolute Gasteiger partial charge is 0.445 e. The maximum atomic E-state index is 12.2. The van der Waals surface area contributed by atoms with Crippen LogP contribution in [-0.4, -0.2) is 41.5 Å². The standard InChI is InChI=1S/C13H16F3NO3/c1-2-17(8-11(18)13(14,15)16)12(19)20-9-10-6-4-3-5-7-10/h3-7,11,18H,2,8-9H2,1H3/t11-/m1/s1. The molecule has 1 rings (SSSR count). The predicted octanol–water partition coefficient (Wildman–Crippen LogP) is 2.57. The molecule has 1 aromatic carbocycles. The number of halogens is 3. The van der Waals surface area contributed by atoms with Gasteiger partial charge in [0.25, 0.3) is 0 Å². The van der Waals surface area contributed by atoms with Gasteiger partial charge >= 0.3 is 12.3 Å². The lowest BCUT2D eigenvalue weighted by Gasteiger charge is -2.24. The maximum Gasteiger partial charge on any atom is 0.416 e. The Kier molecular flexibility index (Phi) is 5.82. The molecule has 4 nitrogen and oxygen atoms in total. The number of aliphatic hydroxyl groups is 1. The number of hydrogen-bond acceptors (Lipinski definition) is 3. The number of alkyl halides is 3. The van der Waals surface area contributed by atoms with Crippen LogP contribution in [0.2, 0.25) is 0 Å². The topological polar surface area (TPSA) is 49.8 Å². The highest BCUT2D eigenvalue weighted by molar-refractivity contribution is 5.67. The molecule has 1 aromatic rings. The molecule has 0 aliphatic carbocycles. The van der Waals surface area contributed by atoms with Gasteiger partial charge < -0.3 is 14.7 Å². The van der Waals surface area contributed by atoms with Crippen molar-refractivity contribution in [2.24, 2.45) is 0 Å². The van der Waals surface area contributed by atoms with Crippen LogP contribution >= 0.6 is 0 Å². The second-order valence-electron chi connectivity index (χ2n) is 4.14. The molecule has 0 fully saturated rings. The second-order valence-corrected chi connectivity index (χ2v) is 4.14. The first-order valence-corrected chi connectivity index (χ1v) is 6.05. The average molecular weight is 291 g/mol. The average Bonchev–Trinajstić information content (AvgIpc) is 2.41. The Bertz CT molecular complexity index is 423. The summed E-state index contributed by atoms with van der Waals surface area (Å²) < 4.78 is 41.6. The molecule has 0 aromatic heterocycles. The van der Waals surface area contributed by atoms with Gasteiger partial charge in [0.05, 0.1) is 6.54 Å². The predicted molar refractivity (Wildman–Crippen MR) is 65.9 cm³/mol. The fourth-order valence-electron chi connectivity index (χ4n) is 1.46. The van der Waals surface area contributed by atoms with Gasteiger partial charge in [-0.05, 0) is 12.5 Å². The molecule has 0 aliphatic rings. The highest BCUT2D eigenvalue weighted by Gasteiger charge is 2.40. The van der Waals surface area contributed by atoms with E-state index in [-0.39, 0.29) is 13.2 Å². The van der Waals surface area contributed by atoms with Crippen molar-refractivity contribution in [2.45, 2.75) is 25.8 Å². The normalized spacial score (nSPS) is 12.8. The number of benzene rings is 1. The van der Waals surface area contributed by atoms with Gasteiger partial charge in [0, 0.05) is 6.54 Å². The van der Waals surface area contributed by atoms with E-state index in [0.29, 0.717) is 0 Å². The van der Waals surface area contributed by atoms with E-state index < -0.39 is 24.9 Å². The first-order valence-electron chi connectivity index (χ1n) is 6.05. The Hall–Kier alpha value is -1.76. The molecule has 1 atom stereocenters. The smallest absolute Gasteiger partial charge is 0.416 e. The molecule has 0 saturated heterocycles. The number of amides is 1. The molecule has 0 radical (unpaired) electrons. The molecule has 1 amide bonds. The molecular formula is C13H16F3NO3. The molecular weight excluding hydrogens is 275 g/mol. The third-order valence-corrected chi connectivity index (χ3v) is 2.62. The summed E-state index contributed by atoms with van der Waals surface area (Å²) in [5.41, 5.74) is 0.730. The van der Waals surface area contributed by atoms with Crippen LogP contribution in [0.5, 0.6) is 0 Å². The Morgan fingerprint density at radius 2 is 1.95 bits per heavy atom. The number of carbonyl (C=O) groups excluding carboxylic acids is 1. The van der Waals surface area contributed by atoms with Crippen LogP contribution in [0.3, 0.4) is 0 Å². The van der Waals surface area contributed by atoms with E-state index in [2.05, 4.69) is 0 Å². The molecule has 0 bridgehead atoms. The van der Waals surface area contributed by atoms with Gasteiger partial charge in [-0.25, -0.2) is 4.79 Å². The highest BCUT2D eigenvalue weighted by Crippen LogP contribution is 2.21. The van der Waals surface area contributed by atoms with Crippen molar-refractivity contribution < 1.29 is 27.8 Å². The fraction of sp³-hybridized carbons (Fsp3) is 0.462. The Labute approximate surface area is 114 Å². The van der Waals surface area contributed by atoms with Gasteiger partial charge in [-0.15, -0.1) is 0 Å². The third-order valence-electron chi connectivity index (χ3n) is 2.62. The summed E-state index contributed by atoms with van der Waals surface area (Å²) >= 11 is 0. The van der Waals surface area contributed by atoms with E-state index >= 15 is 0 Å². The summed E-state index contributed by atoms with van der Waals surface area (Å²) in [6.07, 6.45) is -8.22. The Morgan fingerprint density at radius 1 is 1.35 bits per heavy atom. The van der Waals surface area contributed by atoms with Gasteiger partial charge in [0.1, 0.15) is 6.61 Å². The quantitative estimate of drug-likeness (QED) is 0.907. The third kappa shape index (κ3) is 5.08. The van der Waals surface area contributed by atoms with E-state index in [0.717, 1.165) is 10.5 Å². The number of likely N-dealkylation sites (N-methyl/N-ethyl adjacent to an activating group) is 1. The number of ether oxygens (including phenoxy) is 1. The number of aliphatic hydroxyl groups excluding tert-OH is 1. The molecule has 0 spiro atoms. The van der Waals surface area contributed by atoms with E-state index in [1.807, 2.05) is 0 Å². The molecule has 0 unspecified atom stereocenters. The molecule has 7 heteroatoms. The van der Waals surface area contributed by atoms with Gasteiger partial charge in [0.2, 0.25) is 0 Å². The lowest BCUT2D eigenvalue weighted by molar-refractivity contribution is -0.206. The van der Waals surface area contributed by atoms with Crippen molar-refractivity contribution in [1.82, 2.24) is 4.90 Å². The lowest BCUT2D eigenvalue weighted by Crippen LogP contribution is -2.43. The van der Waals surface area contributed by atoms with Crippen molar-refractivity contribution in [2.75, 3.05) is 13.1 Å². The number of nitrogens with zero attached hydrogens (tertiary/aromatic N) is 1. The van der Waals surface area contributed by atoms with E-state index in [1.165, 1.54) is 6.92 Å². The summed E-state index contributed by atoms with van der Waals surface area (Å²) in [5.74, 6) is 0. The molecule has 20 heavy (non-hydrogen) atoms. The van der Waals surface area contributed by atoms with Gasteiger partial charge in [-0.2, -0.15) is 13.2 Å². The molecule has 112 valence electrons. The van der Waals surface area contributed by atoms with E-state index in [4.69, 9.17) is 9.84 Å². The van der Waals surface area contributed by atoms with Gasteiger partial charge in [0.15, 0.2) is 6.10 Å². The summed E-state index contributed by atoms with van der Waals surface area (Å²) in [4.78, 5) is 12.4. The molecule has 0 heterocycles. The van der Waals surface area contributed by atoms with Crippen molar-refractivity contribution in [1.29, 1.82) is 0 Å². The highest BCUT2D eigenvalue weighted by atomic mass is 19.4. The zero-order chi connectivity index (χ0) is 15.2. The van der Waals surface area contributed by atoms with E-state index in [9.17, 15) is 18.0 Å². The minimum absolute atomic E-state index is 0.0146. The Balaban J connectivity index is 2.51. The molecule has 0 aliphatic heterocycles. The van der Waals surface area contributed by atoms with Crippen LogP contribution in [0.25, 0.3) is 0 Å². The van der Waals surface area contributed by atoms with Crippen molar-refractivity contribution >= 4 is 6.09 Å². The number of hydrogen-bond donors (Lipinski definition) is 1. The van der Waals surface area contributed by atoms with Crippen molar-refractivity contribution in [3.8, 4) is 0 Å². The number of carbonyl (C=O) groups is 1. The van der Waals surface area contributed by atoms with Gasteiger partial charge in [-0.3, -0.25) is 0 Å². The summed E-state index contributed by atoms with van der Waals surface area (Å²) in [6.45, 7) is 0.652. The van der Waals surface area contributed by atoms with Crippen LogP contribution in [0.1, 0.15) is 12.5 Å². The first kappa shape index (κ1) is 16.3. The minimum atomic E-state index is -4.76. The molecule has 1 N–H and O–H groups in total. The van der Waals surface area contributed by atoms with Crippen molar-refractivity contribution in [3.63, 3.8) is 0 Å². The fourth-order valence-corrected chi connectivity index (χ4v) is 1.46. The number of rotatable bonds is 5. The van der Waals surface area contributed by atoms with E-state index in [1.54, 1.807) is 30.3 Å². The zero-order valence-corrected chi connectivity index (χ0v) is 10.9. The summed E-state index contributed by atoms with van der Waals surface area (Å²) in [7, 11) is 0. The zero-order valence-electron chi connectivity index (χ0n) is 10.9. The lowest BCUT2D eigenvalue weighted by atomic mass is 10.2. The second kappa shape index (κ2) is 7.14. The summed E-state index contributed by atoms with van der Waals surface area (Å²) in [5, 5.41) is 8.95. The van der Waals surface area contributed by atoms with Crippen LogP contribution in [0.15, 0.2) is 30.3 Å². The SMILES string of the molecule is CCN(C[C@@H](O)C(F)(F)F)C(=O)OCc1ccccc1. The van der Waals surface area contributed by atoms with Crippen LogP contribution in [0.4, 0.5) is 18.0 Å².